The van der Waals surface area contributed by atoms with Crippen molar-refractivity contribution in [1.29, 1.82) is 0 Å². The van der Waals surface area contributed by atoms with E-state index >= 15 is 0 Å². The summed E-state index contributed by atoms with van der Waals surface area (Å²) in [6, 6.07) is 10.2. The molecule has 21 heavy (non-hydrogen) atoms. The van der Waals surface area contributed by atoms with E-state index in [1.165, 1.54) is 17.0 Å². The van der Waals surface area contributed by atoms with Gasteiger partial charge in [0.25, 0.3) is 5.91 Å². The molecule has 0 aliphatic heterocycles. The monoisotopic (exact) mass is 325 g/mol. The average molecular weight is 325 g/mol. The molecule has 2 rings (SSSR count). The molecule has 1 heterocycles. The highest BCUT2D eigenvalue weighted by Crippen LogP contribution is 2.16. The Labute approximate surface area is 131 Å². The Hall–Kier alpha value is -1.53. The second kappa shape index (κ2) is 8.69. The van der Waals surface area contributed by atoms with Crippen molar-refractivity contribution in [2.24, 2.45) is 0 Å². The summed E-state index contributed by atoms with van der Waals surface area (Å²) in [5.41, 5.74) is 0. The van der Waals surface area contributed by atoms with Gasteiger partial charge in [-0.1, -0.05) is 18.2 Å². The van der Waals surface area contributed by atoms with Crippen LogP contribution >= 0.6 is 23.1 Å². The van der Waals surface area contributed by atoms with Crippen molar-refractivity contribution < 1.29 is 13.9 Å². The number of thioether (sulfide) groups is 1. The van der Waals surface area contributed by atoms with Crippen LogP contribution in [0, 0.1) is 5.82 Å². The molecule has 0 aliphatic rings. The van der Waals surface area contributed by atoms with Crippen LogP contribution in [0.5, 0.6) is 5.75 Å². The zero-order chi connectivity index (χ0) is 14.9. The molecule has 0 radical (unpaired) electrons. The van der Waals surface area contributed by atoms with Gasteiger partial charge in [-0.2, -0.15) is 11.8 Å². The zero-order valence-electron chi connectivity index (χ0n) is 11.4. The fourth-order valence-corrected chi connectivity index (χ4v) is 3.29. The van der Waals surface area contributed by atoms with Gasteiger partial charge in [-0.3, -0.25) is 4.79 Å². The Morgan fingerprint density at radius 2 is 2.14 bits per heavy atom. The first kappa shape index (κ1) is 15.9. The molecule has 1 aromatic heterocycles. The van der Waals surface area contributed by atoms with Crippen molar-refractivity contribution in [2.75, 3.05) is 18.9 Å². The Kier molecular flexibility index (Phi) is 6.56. The van der Waals surface area contributed by atoms with Gasteiger partial charge in [-0.15, -0.1) is 11.3 Å². The first-order valence-corrected chi connectivity index (χ1v) is 8.53. The Morgan fingerprint density at radius 3 is 2.90 bits per heavy atom. The standard InChI is InChI=1S/C15H16FNO2S2/c16-13-5-1-2-6-14(13)19-10-15(18)17-7-9-20-11-12-4-3-8-21-12/h1-6,8H,7,9-11H2,(H,17,18). The molecule has 0 saturated heterocycles. The summed E-state index contributed by atoms with van der Waals surface area (Å²) in [5, 5.41) is 4.80. The third-order valence-corrected chi connectivity index (χ3v) is 4.66. The molecule has 0 bridgehead atoms. The van der Waals surface area contributed by atoms with E-state index < -0.39 is 5.82 Å². The van der Waals surface area contributed by atoms with Gasteiger partial charge in [0.05, 0.1) is 0 Å². The largest absolute Gasteiger partial charge is 0.481 e. The van der Waals surface area contributed by atoms with Crippen molar-refractivity contribution in [2.45, 2.75) is 5.75 Å². The highest BCUT2D eigenvalue weighted by Gasteiger charge is 2.05. The highest BCUT2D eigenvalue weighted by atomic mass is 32.2. The minimum absolute atomic E-state index is 0.0970. The van der Waals surface area contributed by atoms with Crippen LogP contribution in [0.3, 0.4) is 0 Å². The molecule has 2 aromatic rings. The number of para-hydroxylation sites is 1. The maximum absolute atomic E-state index is 13.3. The second-order valence-electron chi connectivity index (χ2n) is 4.20. The predicted octanol–water partition coefficient (Wildman–Crippen LogP) is 3.32. The number of ether oxygens (including phenoxy) is 1. The van der Waals surface area contributed by atoms with Gasteiger partial charge in [0.1, 0.15) is 0 Å². The molecule has 1 aromatic carbocycles. The van der Waals surface area contributed by atoms with Gasteiger partial charge < -0.3 is 10.1 Å². The lowest BCUT2D eigenvalue weighted by atomic mass is 10.3. The number of carbonyl (C=O) groups is 1. The van der Waals surface area contributed by atoms with E-state index in [1.54, 1.807) is 35.2 Å². The lowest BCUT2D eigenvalue weighted by molar-refractivity contribution is -0.123. The summed E-state index contributed by atoms with van der Waals surface area (Å²) in [5.74, 6) is 1.19. The van der Waals surface area contributed by atoms with Crippen molar-refractivity contribution in [3.63, 3.8) is 0 Å². The number of hydrogen-bond acceptors (Lipinski definition) is 4. The van der Waals surface area contributed by atoms with E-state index in [4.69, 9.17) is 4.74 Å². The van der Waals surface area contributed by atoms with Crippen LogP contribution in [0.1, 0.15) is 4.88 Å². The van der Waals surface area contributed by atoms with E-state index in [1.807, 2.05) is 6.07 Å². The number of carbonyl (C=O) groups excluding carboxylic acids is 1. The summed E-state index contributed by atoms with van der Waals surface area (Å²) < 4.78 is 18.4. The zero-order valence-corrected chi connectivity index (χ0v) is 13.0. The molecule has 0 unspecified atom stereocenters. The fourth-order valence-electron chi connectivity index (χ4n) is 1.59. The average Bonchev–Trinajstić information content (AvgIpc) is 2.99. The number of nitrogens with one attached hydrogen (secondary N) is 1. The van der Waals surface area contributed by atoms with Crippen LogP contribution in [0.2, 0.25) is 0 Å². The van der Waals surface area contributed by atoms with Crippen molar-refractivity contribution in [1.82, 2.24) is 5.32 Å². The third kappa shape index (κ3) is 5.77. The SMILES string of the molecule is O=C(COc1ccccc1F)NCCSCc1cccs1. The molecule has 1 N–H and O–H groups in total. The number of benzene rings is 1. The normalized spacial score (nSPS) is 10.3. The van der Waals surface area contributed by atoms with Gasteiger partial charge in [0, 0.05) is 22.9 Å². The minimum Gasteiger partial charge on any atom is -0.481 e. The van der Waals surface area contributed by atoms with Crippen LogP contribution in [-0.2, 0) is 10.5 Å². The summed E-state index contributed by atoms with van der Waals surface area (Å²) >= 11 is 3.50. The third-order valence-electron chi connectivity index (χ3n) is 2.59. The molecular weight excluding hydrogens is 309 g/mol. The van der Waals surface area contributed by atoms with Gasteiger partial charge in [0.15, 0.2) is 18.2 Å². The summed E-state index contributed by atoms with van der Waals surface area (Å²) in [6.45, 7) is 0.409. The van der Waals surface area contributed by atoms with Gasteiger partial charge >= 0.3 is 0 Å². The van der Waals surface area contributed by atoms with Crippen LogP contribution in [0.25, 0.3) is 0 Å². The van der Waals surface area contributed by atoms with E-state index in [2.05, 4.69) is 16.8 Å². The van der Waals surface area contributed by atoms with Crippen molar-refractivity contribution >= 4 is 29.0 Å². The number of hydrogen-bond donors (Lipinski definition) is 1. The predicted molar refractivity (Wildman–Crippen MR) is 85.4 cm³/mol. The molecule has 3 nitrogen and oxygen atoms in total. The lowest BCUT2D eigenvalue weighted by Gasteiger charge is -2.07. The maximum atomic E-state index is 13.3. The molecule has 0 fully saturated rings. The van der Waals surface area contributed by atoms with E-state index in [9.17, 15) is 9.18 Å². The van der Waals surface area contributed by atoms with E-state index in [-0.39, 0.29) is 18.3 Å². The Balaban J connectivity index is 1.56. The number of thiophene rings is 1. The molecule has 0 spiro atoms. The smallest absolute Gasteiger partial charge is 0.257 e. The van der Waals surface area contributed by atoms with Crippen LogP contribution in [0.4, 0.5) is 4.39 Å². The molecule has 0 saturated carbocycles. The molecule has 1 amide bonds. The maximum Gasteiger partial charge on any atom is 0.257 e. The Bertz CT molecular complexity index is 561. The number of amides is 1. The quantitative estimate of drug-likeness (QED) is 0.757. The molecule has 0 aliphatic carbocycles. The highest BCUT2D eigenvalue weighted by molar-refractivity contribution is 7.98. The van der Waals surface area contributed by atoms with Gasteiger partial charge in [0.2, 0.25) is 0 Å². The molecule has 112 valence electrons. The number of halogens is 1. The van der Waals surface area contributed by atoms with Crippen molar-refractivity contribution in [3.8, 4) is 5.75 Å². The topological polar surface area (TPSA) is 38.3 Å². The lowest BCUT2D eigenvalue weighted by Crippen LogP contribution is -2.30. The van der Waals surface area contributed by atoms with Crippen LogP contribution < -0.4 is 10.1 Å². The van der Waals surface area contributed by atoms with Crippen LogP contribution in [-0.4, -0.2) is 24.8 Å². The first-order valence-electron chi connectivity index (χ1n) is 6.50. The summed E-state index contributed by atoms with van der Waals surface area (Å²) in [6.07, 6.45) is 0. The molecule has 6 heteroatoms. The van der Waals surface area contributed by atoms with E-state index in [0.29, 0.717) is 6.54 Å². The molecule has 0 atom stereocenters. The van der Waals surface area contributed by atoms with Crippen molar-refractivity contribution in [3.05, 3.63) is 52.5 Å². The second-order valence-corrected chi connectivity index (χ2v) is 6.34. The van der Waals surface area contributed by atoms with Crippen LogP contribution in [0.15, 0.2) is 41.8 Å². The van der Waals surface area contributed by atoms with Gasteiger partial charge in [-0.05, 0) is 23.6 Å². The molecular formula is C15H16FNO2S2. The van der Waals surface area contributed by atoms with E-state index in [0.717, 1.165) is 11.5 Å². The summed E-state index contributed by atoms with van der Waals surface area (Å²) in [4.78, 5) is 12.9. The first-order chi connectivity index (χ1) is 10.3. The fraction of sp³-hybridized carbons (Fsp3) is 0.267. The summed E-state index contributed by atoms with van der Waals surface area (Å²) in [7, 11) is 0. The minimum atomic E-state index is -0.461. The van der Waals surface area contributed by atoms with Gasteiger partial charge in [-0.25, -0.2) is 4.39 Å². The number of rotatable bonds is 8. The Morgan fingerprint density at radius 1 is 1.29 bits per heavy atom.